The van der Waals surface area contributed by atoms with Crippen molar-refractivity contribution in [3.05, 3.63) is 231 Å². The molecule has 1 nitrogen and oxygen atoms in total. The van der Waals surface area contributed by atoms with Crippen LogP contribution in [0.15, 0.2) is 225 Å². The van der Waals surface area contributed by atoms with Gasteiger partial charge in [0.25, 0.3) is 0 Å². The third kappa shape index (κ3) is 7.15. The van der Waals surface area contributed by atoms with Gasteiger partial charge in [-0.05, 0) is 115 Å². The van der Waals surface area contributed by atoms with Gasteiger partial charge in [-0.2, -0.15) is 0 Å². The first-order chi connectivity index (χ1) is 28.2. The lowest BCUT2D eigenvalue weighted by atomic mass is 9.91. The summed E-state index contributed by atoms with van der Waals surface area (Å²) in [5.41, 5.74) is 15.8. The molecule has 0 aliphatic rings. The smallest absolute Gasteiger partial charge is 0.0794 e. The molecule has 0 fully saturated rings. The van der Waals surface area contributed by atoms with Crippen LogP contribution in [-0.2, 0) is 0 Å². The molecule has 9 rings (SSSR count). The van der Waals surface area contributed by atoms with Crippen molar-refractivity contribution in [3.63, 3.8) is 0 Å². The molecule has 0 spiro atoms. The molecule has 57 heavy (non-hydrogen) atoms. The van der Waals surface area contributed by atoms with Gasteiger partial charge in [0.2, 0.25) is 0 Å². The monoisotopic (exact) mass is 727 g/mol. The summed E-state index contributed by atoms with van der Waals surface area (Å²) in [6.07, 6.45) is 8.15. The number of pyridine rings is 1. The standard InChI is InChI=1S/C56H41N/c1-3-17-39(18-4-2)47-35-48(40-19-7-5-8-20-40)37-49(36-47)44-26-15-24-42(33-44)43-25-16-27-46(34-43)55-38-45-23-11-12-28-51(45)56(57-55)54-32-31-50(41-21-9-6-10-22-41)52-29-13-14-30-53(52)54/h3-38H,1H2,2H3/b18-4-,39-17+. The number of allylic oxidation sites excluding steroid dienone is 5. The first-order valence-corrected chi connectivity index (χ1v) is 19.5. The second-order valence-corrected chi connectivity index (χ2v) is 14.3. The Hall–Kier alpha value is -7.35. The summed E-state index contributed by atoms with van der Waals surface area (Å²) in [6, 6.07) is 69.8. The lowest BCUT2D eigenvalue weighted by Crippen LogP contribution is -1.93. The molecule has 0 saturated heterocycles. The van der Waals surface area contributed by atoms with E-state index in [0.717, 1.165) is 66.7 Å². The zero-order chi connectivity index (χ0) is 38.6. The predicted molar refractivity (Wildman–Crippen MR) is 245 cm³/mol. The SMILES string of the molecule is C=C/C=C(\C=C/C)c1cc(-c2ccccc2)cc(-c2cccc(-c3cccc(-c4cc5ccccc5c(-c5ccc(-c6ccccc6)c6ccccc56)n4)c3)c2)c1. The van der Waals surface area contributed by atoms with Crippen LogP contribution in [0.1, 0.15) is 12.5 Å². The third-order valence-corrected chi connectivity index (χ3v) is 10.7. The van der Waals surface area contributed by atoms with Crippen molar-refractivity contribution in [3.8, 4) is 67.0 Å². The normalized spacial score (nSPS) is 11.7. The van der Waals surface area contributed by atoms with E-state index in [1.807, 2.05) is 6.08 Å². The van der Waals surface area contributed by atoms with Crippen LogP contribution in [0.4, 0.5) is 0 Å². The zero-order valence-corrected chi connectivity index (χ0v) is 31.9. The van der Waals surface area contributed by atoms with Gasteiger partial charge in [-0.25, -0.2) is 4.98 Å². The highest BCUT2D eigenvalue weighted by Gasteiger charge is 2.16. The van der Waals surface area contributed by atoms with E-state index in [0.29, 0.717) is 0 Å². The second-order valence-electron chi connectivity index (χ2n) is 14.3. The van der Waals surface area contributed by atoms with E-state index in [1.54, 1.807) is 0 Å². The first kappa shape index (κ1) is 35.4. The molecular formula is C56H41N. The lowest BCUT2D eigenvalue weighted by Gasteiger charge is -2.15. The van der Waals surface area contributed by atoms with Gasteiger partial charge in [0.15, 0.2) is 0 Å². The average Bonchev–Trinajstić information content (AvgIpc) is 3.29. The summed E-state index contributed by atoms with van der Waals surface area (Å²) in [4.78, 5) is 5.47. The molecule has 270 valence electrons. The molecule has 0 radical (unpaired) electrons. The van der Waals surface area contributed by atoms with Crippen molar-refractivity contribution in [2.45, 2.75) is 6.92 Å². The van der Waals surface area contributed by atoms with Crippen LogP contribution in [0, 0.1) is 0 Å². The van der Waals surface area contributed by atoms with Gasteiger partial charge in [-0.15, -0.1) is 0 Å². The van der Waals surface area contributed by atoms with E-state index in [4.69, 9.17) is 4.98 Å². The van der Waals surface area contributed by atoms with Gasteiger partial charge in [-0.3, -0.25) is 0 Å². The van der Waals surface area contributed by atoms with Crippen LogP contribution in [-0.4, -0.2) is 4.98 Å². The molecule has 0 bridgehead atoms. The van der Waals surface area contributed by atoms with Gasteiger partial charge >= 0.3 is 0 Å². The van der Waals surface area contributed by atoms with Crippen molar-refractivity contribution < 1.29 is 0 Å². The molecule has 8 aromatic carbocycles. The van der Waals surface area contributed by atoms with Crippen LogP contribution in [0.2, 0.25) is 0 Å². The van der Waals surface area contributed by atoms with Crippen molar-refractivity contribution in [1.82, 2.24) is 4.98 Å². The minimum absolute atomic E-state index is 0.948. The Labute approximate surface area is 335 Å². The third-order valence-electron chi connectivity index (χ3n) is 10.7. The molecule has 0 aliphatic heterocycles. The summed E-state index contributed by atoms with van der Waals surface area (Å²) in [5.74, 6) is 0. The van der Waals surface area contributed by atoms with Gasteiger partial charge < -0.3 is 0 Å². The Balaban J connectivity index is 1.14. The van der Waals surface area contributed by atoms with E-state index >= 15 is 0 Å². The molecule has 0 saturated carbocycles. The summed E-state index contributed by atoms with van der Waals surface area (Å²) in [7, 11) is 0. The van der Waals surface area contributed by atoms with Crippen molar-refractivity contribution >= 4 is 27.1 Å². The fourth-order valence-electron chi connectivity index (χ4n) is 7.98. The molecular weight excluding hydrogens is 687 g/mol. The summed E-state index contributed by atoms with van der Waals surface area (Å²) < 4.78 is 0. The number of hydrogen-bond acceptors (Lipinski definition) is 1. The zero-order valence-electron chi connectivity index (χ0n) is 31.9. The molecule has 0 amide bonds. The largest absolute Gasteiger partial charge is 0.247 e. The summed E-state index contributed by atoms with van der Waals surface area (Å²) in [6.45, 7) is 6.04. The van der Waals surface area contributed by atoms with Gasteiger partial charge in [-0.1, -0.05) is 189 Å². The fraction of sp³-hybridized carbons (Fsp3) is 0.0179. The molecule has 0 N–H and O–H groups in total. The number of benzene rings is 8. The van der Waals surface area contributed by atoms with Crippen LogP contribution in [0.3, 0.4) is 0 Å². The maximum Gasteiger partial charge on any atom is 0.0794 e. The molecule has 9 aromatic rings. The maximum atomic E-state index is 5.47. The summed E-state index contributed by atoms with van der Waals surface area (Å²) in [5, 5.41) is 4.71. The van der Waals surface area contributed by atoms with E-state index in [1.165, 1.54) is 33.0 Å². The van der Waals surface area contributed by atoms with Crippen LogP contribution in [0.25, 0.3) is 94.1 Å². The highest BCUT2D eigenvalue weighted by atomic mass is 14.7. The Morgan fingerprint density at radius 1 is 0.439 bits per heavy atom. The minimum Gasteiger partial charge on any atom is -0.247 e. The molecule has 0 unspecified atom stereocenters. The van der Waals surface area contributed by atoms with E-state index in [9.17, 15) is 0 Å². The van der Waals surface area contributed by atoms with Gasteiger partial charge in [0, 0.05) is 16.5 Å². The lowest BCUT2D eigenvalue weighted by molar-refractivity contribution is 1.36. The number of nitrogens with zero attached hydrogens (tertiary/aromatic N) is 1. The fourth-order valence-corrected chi connectivity index (χ4v) is 7.98. The molecule has 0 atom stereocenters. The number of hydrogen-bond donors (Lipinski definition) is 0. The predicted octanol–water partition coefficient (Wildman–Crippen LogP) is 15.5. The van der Waals surface area contributed by atoms with Crippen LogP contribution in [0.5, 0.6) is 0 Å². The maximum absolute atomic E-state index is 5.47. The molecule has 1 heteroatoms. The second kappa shape index (κ2) is 15.8. The van der Waals surface area contributed by atoms with Crippen molar-refractivity contribution in [2.24, 2.45) is 0 Å². The Bertz CT molecular complexity index is 2970. The number of fused-ring (bicyclic) bond motifs is 2. The van der Waals surface area contributed by atoms with Crippen LogP contribution >= 0.6 is 0 Å². The van der Waals surface area contributed by atoms with Crippen LogP contribution < -0.4 is 0 Å². The molecule has 1 aromatic heterocycles. The molecule has 1 heterocycles. The van der Waals surface area contributed by atoms with Crippen molar-refractivity contribution in [2.75, 3.05) is 0 Å². The highest BCUT2D eigenvalue weighted by molar-refractivity contribution is 6.09. The quantitative estimate of drug-likeness (QED) is 0.135. The Morgan fingerprint density at radius 3 is 1.63 bits per heavy atom. The van der Waals surface area contributed by atoms with E-state index in [-0.39, 0.29) is 0 Å². The van der Waals surface area contributed by atoms with Gasteiger partial charge in [0.05, 0.1) is 11.4 Å². The number of rotatable bonds is 9. The first-order valence-electron chi connectivity index (χ1n) is 19.5. The Kier molecular flexibility index (Phi) is 9.79. The van der Waals surface area contributed by atoms with Gasteiger partial charge in [0.1, 0.15) is 0 Å². The topological polar surface area (TPSA) is 12.9 Å². The average molecular weight is 728 g/mol. The Morgan fingerprint density at radius 2 is 0.947 bits per heavy atom. The number of aromatic nitrogens is 1. The minimum atomic E-state index is 0.948. The molecule has 0 aliphatic carbocycles. The summed E-state index contributed by atoms with van der Waals surface area (Å²) >= 11 is 0. The van der Waals surface area contributed by atoms with Crippen molar-refractivity contribution in [1.29, 1.82) is 0 Å². The van der Waals surface area contributed by atoms with E-state index in [2.05, 4.69) is 226 Å². The van der Waals surface area contributed by atoms with E-state index < -0.39 is 0 Å². The highest BCUT2D eigenvalue weighted by Crippen LogP contribution is 2.40.